The van der Waals surface area contributed by atoms with Gasteiger partial charge in [-0.3, -0.25) is 0 Å². The molecule has 1 heteroatoms. The Hall–Kier alpha value is -2.80. The smallest absolute Gasteiger partial charge is 0.0506 e. The lowest BCUT2D eigenvalue weighted by Gasteiger charge is -2.45. The zero-order chi connectivity index (χ0) is 19.5. The van der Waals surface area contributed by atoms with Crippen LogP contribution in [0.25, 0.3) is 0 Å². The Bertz CT molecular complexity index is 1040. The van der Waals surface area contributed by atoms with Crippen LogP contribution in [0, 0.1) is 5.41 Å². The number of hydrogen-bond acceptors (Lipinski definition) is 1. The Morgan fingerprint density at radius 2 is 1.14 bits per heavy atom. The second kappa shape index (κ2) is 5.85. The number of hydrogen-bond donors (Lipinski definition) is 0. The highest BCUT2D eigenvalue weighted by atomic mass is 15.2. The molecule has 140 valence electrons. The molecular weight excluding hydrogens is 338 g/mol. The quantitative estimate of drug-likeness (QED) is 0.403. The summed E-state index contributed by atoms with van der Waals surface area (Å²) in [5.41, 5.74) is 9.88. The third kappa shape index (κ3) is 2.13. The largest absolute Gasteiger partial charge is 0.310 e. The van der Waals surface area contributed by atoms with Gasteiger partial charge in [0.15, 0.2) is 0 Å². The van der Waals surface area contributed by atoms with E-state index in [2.05, 4.69) is 111 Å². The van der Waals surface area contributed by atoms with Crippen LogP contribution in [0.2, 0.25) is 0 Å². The van der Waals surface area contributed by atoms with E-state index < -0.39 is 0 Å². The standard InChI is InChI=1S/C27H27N/c1-19-20(2)27(18-26(19,3)4)22-14-8-10-16-24(22)28(21-12-6-5-7-13-21)25-17-11-9-15-23(25)27/h5-17H,18H2,1-4H3. The number of fused-ring (bicyclic) bond motifs is 4. The van der Waals surface area contributed by atoms with Gasteiger partial charge in [-0.15, -0.1) is 0 Å². The summed E-state index contributed by atoms with van der Waals surface area (Å²) in [7, 11) is 0. The van der Waals surface area contributed by atoms with Gasteiger partial charge < -0.3 is 4.90 Å². The average Bonchev–Trinajstić information content (AvgIpc) is 2.90. The molecule has 1 nitrogen and oxygen atoms in total. The first-order valence-electron chi connectivity index (χ1n) is 10.2. The number of rotatable bonds is 1. The molecule has 3 aromatic carbocycles. The summed E-state index contributed by atoms with van der Waals surface area (Å²) in [6, 6.07) is 28.7. The highest BCUT2D eigenvalue weighted by Crippen LogP contribution is 2.63. The van der Waals surface area contributed by atoms with Gasteiger partial charge in [-0.25, -0.2) is 0 Å². The van der Waals surface area contributed by atoms with Crippen LogP contribution in [-0.2, 0) is 5.41 Å². The highest BCUT2D eigenvalue weighted by Gasteiger charge is 2.52. The Labute approximate surface area is 168 Å². The molecule has 0 radical (unpaired) electrons. The first-order valence-corrected chi connectivity index (χ1v) is 10.2. The molecule has 0 bridgehead atoms. The Kier molecular flexibility index (Phi) is 3.61. The molecule has 5 rings (SSSR count). The third-order valence-electron chi connectivity index (χ3n) is 7.15. The lowest BCUT2D eigenvalue weighted by molar-refractivity contribution is 0.381. The van der Waals surface area contributed by atoms with E-state index in [-0.39, 0.29) is 10.8 Å². The number of allylic oxidation sites excluding steroid dienone is 2. The summed E-state index contributed by atoms with van der Waals surface area (Å²) in [5, 5.41) is 0. The molecule has 1 aliphatic carbocycles. The fourth-order valence-corrected chi connectivity index (χ4v) is 5.54. The first kappa shape index (κ1) is 17.3. The van der Waals surface area contributed by atoms with Crippen LogP contribution in [0.15, 0.2) is 90.0 Å². The van der Waals surface area contributed by atoms with Crippen LogP contribution >= 0.6 is 0 Å². The van der Waals surface area contributed by atoms with Crippen molar-refractivity contribution in [2.45, 2.75) is 39.5 Å². The lowest BCUT2D eigenvalue weighted by Crippen LogP contribution is -2.36. The number of benzene rings is 3. The molecule has 0 amide bonds. The van der Waals surface area contributed by atoms with Crippen LogP contribution in [0.4, 0.5) is 17.1 Å². The SMILES string of the molecule is CC1=C(C)C2(CC1(C)C)c1ccccc1N(c1ccccc1)c1ccccc12. The van der Waals surface area contributed by atoms with E-state index in [1.54, 1.807) is 0 Å². The zero-order valence-electron chi connectivity index (χ0n) is 17.2. The van der Waals surface area contributed by atoms with E-state index in [0.717, 1.165) is 6.42 Å². The Morgan fingerprint density at radius 1 is 0.643 bits per heavy atom. The molecule has 0 saturated carbocycles. The summed E-state index contributed by atoms with van der Waals surface area (Å²) in [6.07, 6.45) is 1.12. The molecule has 1 aliphatic heterocycles. The van der Waals surface area contributed by atoms with Gasteiger partial charge in [-0.1, -0.05) is 79.6 Å². The van der Waals surface area contributed by atoms with Crippen LogP contribution in [0.5, 0.6) is 0 Å². The van der Waals surface area contributed by atoms with Crippen molar-refractivity contribution in [1.29, 1.82) is 0 Å². The second-order valence-corrected chi connectivity index (χ2v) is 8.92. The van der Waals surface area contributed by atoms with Gasteiger partial charge in [-0.05, 0) is 61.1 Å². The summed E-state index contributed by atoms with van der Waals surface area (Å²) in [5.74, 6) is 0. The van der Waals surface area contributed by atoms with Crippen LogP contribution in [0.3, 0.4) is 0 Å². The summed E-state index contributed by atoms with van der Waals surface area (Å²) in [6.45, 7) is 9.49. The highest BCUT2D eigenvalue weighted by molar-refractivity contribution is 5.87. The number of para-hydroxylation sites is 3. The maximum absolute atomic E-state index is 2.43. The topological polar surface area (TPSA) is 3.24 Å². The summed E-state index contributed by atoms with van der Waals surface area (Å²) >= 11 is 0. The first-order chi connectivity index (χ1) is 13.5. The predicted octanol–water partition coefficient (Wildman–Crippen LogP) is 7.52. The van der Waals surface area contributed by atoms with Gasteiger partial charge in [0, 0.05) is 11.1 Å². The second-order valence-electron chi connectivity index (χ2n) is 8.92. The van der Waals surface area contributed by atoms with Gasteiger partial charge in [-0.2, -0.15) is 0 Å². The number of anilines is 3. The minimum atomic E-state index is -0.0496. The number of nitrogens with zero attached hydrogens (tertiary/aromatic N) is 1. The lowest BCUT2D eigenvalue weighted by atomic mass is 9.65. The van der Waals surface area contributed by atoms with Crippen molar-refractivity contribution < 1.29 is 0 Å². The van der Waals surface area contributed by atoms with Crippen molar-refractivity contribution in [2.24, 2.45) is 5.41 Å². The Balaban J connectivity index is 1.88. The molecule has 0 fully saturated rings. The molecule has 0 atom stereocenters. The third-order valence-corrected chi connectivity index (χ3v) is 7.15. The normalized spacial score (nSPS) is 18.9. The minimum absolute atomic E-state index is 0.0496. The van der Waals surface area contributed by atoms with E-state index in [1.807, 2.05) is 0 Å². The van der Waals surface area contributed by atoms with Crippen LogP contribution < -0.4 is 4.90 Å². The van der Waals surface area contributed by atoms with Crippen molar-refractivity contribution in [1.82, 2.24) is 0 Å². The molecule has 0 N–H and O–H groups in total. The van der Waals surface area contributed by atoms with Crippen LogP contribution in [-0.4, -0.2) is 0 Å². The van der Waals surface area contributed by atoms with Crippen molar-refractivity contribution in [3.63, 3.8) is 0 Å². The van der Waals surface area contributed by atoms with E-state index in [4.69, 9.17) is 0 Å². The van der Waals surface area contributed by atoms with Gasteiger partial charge in [0.1, 0.15) is 0 Å². The van der Waals surface area contributed by atoms with Gasteiger partial charge >= 0.3 is 0 Å². The van der Waals surface area contributed by atoms with Gasteiger partial charge in [0.05, 0.1) is 11.4 Å². The van der Waals surface area contributed by atoms with E-state index in [9.17, 15) is 0 Å². The van der Waals surface area contributed by atoms with E-state index in [0.29, 0.717) is 0 Å². The predicted molar refractivity (Wildman–Crippen MR) is 119 cm³/mol. The summed E-state index contributed by atoms with van der Waals surface area (Å²) < 4.78 is 0. The zero-order valence-corrected chi connectivity index (χ0v) is 17.2. The van der Waals surface area contributed by atoms with Crippen molar-refractivity contribution in [3.05, 3.63) is 101 Å². The van der Waals surface area contributed by atoms with Gasteiger partial charge in [0.25, 0.3) is 0 Å². The molecular formula is C27H27N. The van der Waals surface area contributed by atoms with Gasteiger partial charge in [0.2, 0.25) is 0 Å². The maximum atomic E-state index is 2.43. The van der Waals surface area contributed by atoms with Crippen molar-refractivity contribution in [2.75, 3.05) is 4.90 Å². The summed E-state index contributed by atoms with van der Waals surface area (Å²) in [4.78, 5) is 2.43. The fraction of sp³-hybridized carbons (Fsp3) is 0.259. The molecule has 28 heavy (non-hydrogen) atoms. The molecule has 1 spiro atoms. The molecule has 1 heterocycles. The Morgan fingerprint density at radius 3 is 1.64 bits per heavy atom. The molecule has 0 unspecified atom stereocenters. The molecule has 0 aromatic heterocycles. The van der Waals surface area contributed by atoms with E-state index >= 15 is 0 Å². The maximum Gasteiger partial charge on any atom is 0.0506 e. The van der Waals surface area contributed by atoms with Crippen molar-refractivity contribution >= 4 is 17.1 Å². The molecule has 0 saturated heterocycles. The minimum Gasteiger partial charge on any atom is -0.310 e. The van der Waals surface area contributed by atoms with Crippen LogP contribution in [0.1, 0.15) is 45.2 Å². The average molecular weight is 366 g/mol. The monoisotopic (exact) mass is 365 g/mol. The fourth-order valence-electron chi connectivity index (χ4n) is 5.54. The van der Waals surface area contributed by atoms with Crippen molar-refractivity contribution in [3.8, 4) is 0 Å². The molecule has 3 aromatic rings. The van der Waals surface area contributed by atoms with E-state index in [1.165, 1.54) is 39.3 Å². The molecule has 2 aliphatic rings.